The van der Waals surface area contributed by atoms with E-state index in [1.54, 1.807) is 0 Å². The molecule has 0 aliphatic heterocycles. The fourth-order valence-corrected chi connectivity index (χ4v) is 4.49. The molecule has 34 heavy (non-hydrogen) atoms. The zero-order chi connectivity index (χ0) is 24.8. The topological polar surface area (TPSA) is 139 Å². The standard InChI is InChI=1S/C25H37NO8/c27-20(13-12-19-8-4-3-5-9-19)14-15-22-21(23(28)18-24(22)29)10-6-1-2-7-11-25(30)33-16-17-34-26(31)32/h1,3-6,8-9,20-24,27-29H,2,7,10-18H2/t20-,21+,22+,23-,24+/m0/s1. The van der Waals surface area contributed by atoms with E-state index in [9.17, 15) is 30.2 Å². The van der Waals surface area contributed by atoms with Gasteiger partial charge in [0, 0.05) is 6.42 Å². The SMILES string of the molecule is O=C(CCCC=CC[C@@H]1[C@@H](CC[C@@H](O)CCc2ccccc2)[C@H](O)C[C@@H]1O)OCCO[N+](=O)[O-]. The van der Waals surface area contributed by atoms with E-state index in [1.165, 1.54) is 5.56 Å². The lowest BCUT2D eigenvalue weighted by molar-refractivity contribution is -0.757. The number of benzene rings is 1. The molecule has 190 valence electrons. The Hall–Kier alpha value is -2.49. The molecular weight excluding hydrogens is 442 g/mol. The molecule has 1 saturated carbocycles. The second-order valence-corrected chi connectivity index (χ2v) is 8.83. The molecule has 0 amide bonds. The summed E-state index contributed by atoms with van der Waals surface area (Å²) >= 11 is 0. The van der Waals surface area contributed by atoms with Crippen LogP contribution in [-0.4, -0.2) is 57.9 Å². The Bertz CT molecular complexity index is 757. The highest BCUT2D eigenvalue weighted by atomic mass is 17.0. The second kappa shape index (κ2) is 15.4. The van der Waals surface area contributed by atoms with Crippen molar-refractivity contribution in [1.29, 1.82) is 0 Å². The highest BCUT2D eigenvalue weighted by molar-refractivity contribution is 5.69. The number of rotatable bonds is 16. The van der Waals surface area contributed by atoms with Crippen molar-refractivity contribution in [3.63, 3.8) is 0 Å². The van der Waals surface area contributed by atoms with Gasteiger partial charge in [0.05, 0.1) is 18.3 Å². The van der Waals surface area contributed by atoms with Gasteiger partial charge < -0.3 is 24.9 Å². The van der Waals surface area contributed by atoms with Gasteiger partial charge in [-0.15, -0.1) is 10.1 Å². The number of carbonyl (C=O) groups excluding carboxylic acids is 1. The van der Waals surface area contributed by atoms with Crippen LogP contribution >= 0.6 is 0 Å². The molecule has 0 aromatic heterocycles. The number of ether oxygens (including phenoxy) is 1. The number of unbranched alkanes of at least 4 members (excludes halogenated alkanes) is 1. The van der Waals surface area contributed by atoms with Crippen LogP contribution in [0.1, 0.15) is 56.9 Å². The molecule has 0 radical (unpaired) electrons. The van der Waals surface area contributed by atoms with Gasteiger partial charge in [-0.3, -0.25) is 4.79 Å². The third-order valence-corrected chi connectivity index (χ3v) is 6.33. The van der Waals surface area contributed by atoms with Gasteiger partial charge in [0.15, 0.2) is 0 Å². The number of aliphatic hydroxyl groups excluding tert-OH is 3. The number of hydrogen-bond donors (Lipinski definition) is 3. The fourth-order valence-electron chi connectivity index (χ4n) is 4.49. The zero-order valence-corrected chi connectivity index (χ0v) is 19.5. The summed E-state index contributed by atoms with van der Waals surface area (Å²) < 4.78 is 4.84. The maximum absolute atomic E-state index is 11.6. The van der Waals surface area contributed by atoms with Crippen LogP contribution in [0.4, 0.5) is 0 Å². The molecule has 0 bridgehead atoms. The summed E-state index contributed by atoms with van der Waals surface area (Å²) in [5.74, 6) is -0.540. The highest BCUT2D eigenvalue weighted by Gasteiger charge is 2.40. The Morgan fingerprint density at radius 3 is 2.59 bits per heavy atom. The molecule has 1 fully saturated rings. The van der Waals surface area contributed by atoms with Gasteiger partial charge in [0.2, 0.25) is 0 Å². The Kier molecular flexibility index (Phi) is 12.6. The van der Waals surface area contributed by atoms with Crippen LogP contribution in [0.15, 0.2) is 42.5 Å². The molecule has 3 N–H and O–H groups in total. The van der Waals surface area contributed by atoms with E-state index in [-0.39, 0.29) is 31.5 Å². The molecule has 1 aromatic rings. The van der Waals surface area contributed by atoms with Crippen molar-refractivity contribution in [2.75, 3.05) is 13.2 Å². The Labute approximate surface area is 200 Å². The minimum Gasteiger partial charge on any atom is -0.464 e. The maximum Gasteiger partial charge on any atom is 0.305 e. The van der Waals surface area contributed by atoms with Crippen molar-refractivity contribution in [1.82, 2.24) is 0 Å². The van der Waals surface area contributed by atoms with Crippen LogP contribution in [0.2, 0.25) is 0 Å². The van der Waals surface area contributed by atoms with Crippen LogP contribution < -0.4 is 0 Å². The summed E-state index contributed by atoms with van der Waals surface area (Å²) in [5.41, 5.74) is 1.19. The summed E-state index contributed by atoms with van der Waals surface area (Å²) in [7, 11) is 0. The highest BCUT2D eigenvalue weighted by Crippen LogP contribution is 2.38. The lowest BCUT2D eigenvalue weighted by Crippen LogP contribution is -2.23. The van der Waals surface area contributed by atoms with Crippen LogP contribution in [0.3, 0.4) is 0 Å². The number of aliphatic hydroxyl groups is 3. The van der Waals surface area contributed by atoms with Crippen LogP contribution in [0.25, 0.3) is 0 Å². The number of nitrogens with zero attached hydrogens (tertiary/aromatic N) is 1. The lowest BCUT2D eigenvalue weighted by Gasteiger charge is -2.23. The van der Waals surface area contributed by atoms with Crippen LogP contribution in [0, 0.1) is 22.0 Å². The third kappa shape index (κ3) is 10.6. The smallest absolute Gasteiger partial charge is 0.305 e. The molecule has 0 spiro atoms. The average molecular weight is 480 g/mol. The first kappa shape index (κ1) is 27.8. The molecule has 0 heterocycles. The molecular formula is C25H37NO8. The van der Waals surface area contributed by atoms with Crippen molar-refractivity contribution in [3.05, 3.63) is 58.2 Å². The average Bonchev–Trinajstić information content (AvgIpc) is 3.08. The van der Waals surface area contributed by atoms with E-state index < -0.39 is 29.4 Å². The van der Waals surface area contributed by atoms with Gasteiger partial charge in [-0.05, 0) is 68.8 Å². The van der Waals surface area contributed by atoms with Crippen molar-refractivity contribution >= 4 is 5.97 Å². The minimum absolute atomic E-state index is 0.0533. The van der Waals surface area contributed by atoms with Gasteiger partial charge in [-0.25, -0.2) is 0 Å². The Morgan fingerprint density at radius 2 is 1.85 bits per heavy atom. The number of allylic oxidation sites excluding steroid dienone is 2. The molecule has 1 aliphatic carbocycles. The van der Waals surface area contributed by atoms with Crippen molar-refractivity contribution in [2.45, 2.75) is 76.1 Å². The van der Waals surface area contributed by atoms with E-state index in [1.807, 2.05) is 42.5 Å². The molecule has 0 saturated heterocycles. The summed E-state index contributed by atoms with van der Waals surface area (Å²) in [6.07, 6.45) is 7.53. The van der Waals surface area contributed by atoms with Crippen molar-refractivity contribution < 1.29 is 34.8 Å². The monoisotopic (exact) mass is 479 g/mol. The summed E-state index contributed by atoms with van der Waals surface area (Å²) in [4.78, 5) is 25.6. The van der Waals surface area contributed by atoms with Gasteiger partial charge >= 0.3 is 5.97 Å². The first-order chi connectivity index (χ1) is 16.4. The number of hydrogen-bond acceptors (Lipinski definition) is 8. The molecule has 1 aliphatic rings. The van der Waals surface area contributed by atoms with Gasteiger partial charge in [-0.2, -0.15) is 0 Å². The summed E-state index contributed by atoms with van der Waals surface area (Å²) in [6.45, 7) is -0.431. The largest absolute Gasteiger partial charge is 0.464 e. The van der Waals surface area contributed by atoms with Crippen molar-refractivity contribution in [3.8, 4) is 0 Å². The molecule has 0 unspecified atom stereocenters. The first-order valence-electron chi connectivity index (χ1n) is 12.0. The fraction of sp³-hybridized carbons (Fsp3) is 0.640. The van der Waals surface area contributed by atoms with Crippen molar-refractivity contribution in [2.24, 2.45) is 11.8 Å². The number of aryl methyl sites for hydroxylation is 1. The number of esters is 1. The van der Waals surface area contributed by atoms with Crippen LogP contribution in [0.5, 0.6) is 0 Å². The number of carbonyl (C=O) groups is 1. The lowest BCUT2D eigenvalue weighted by atomic mass is 9.85. The molecule has 2 rings (SSSR count). The second-order valence-electron chi connectivity index (χ2n) is 8.83. The summed E-state index contributed by atoms with van der Waals surface area (Å²) in [6, 6.07) is 10.0. The minimum atomic E-state index is -0.933. The molecule has 1 aromatic carbocycles. The molecule has 5 atom stereocenters. The Balaban J connectivity index is 1.64. The Morgan fingerprint density at radius 1 is 1.12 bits per heavy atom. The van der Waals surface area contributed by atoms with E-state index in [0.717, 1.165) is 6.42 Å². The predicted molar refractivity (Wildman–Crippen MR) is 125 cm³/mol. The first-order valence-corrected chi connectivity index (χ1v) is 12.0. The normalized spacial score (nSPS) is 23.1. The van der Waals surface area contributed by atoms with Gasteiger partial charge in [0.1, 0.15) is 13.2 Å². The molecule has 9 heteroatoms. The molecule has 9 nitrogen and oxygen atoms in total. The quantitative estimate of drug-likeness (QED) is 0.108. The zero-order valence-electron chi connectivity index (χ0n) is 19.5. The van der Waals surface area contributed by atoms with Crippen LogP contribution in [-0.2, 0) is 20.8 Å². The van der Waals surface area contributed by atoms with Gasteiger partial charge in [0.25, 0.3) is 5.09 Å². The van der Waals surface area contributed by atoms with E-state index in [2.05, 4.69) is 4.84 Å². The third-order valence-electron chi connectivity index (χ3n) is 6.33. The maximum atomic E-state index is 11.6. The predicted octanol–water partition coefficient (Wildman–Crippen LogP) is 2.99. The van der Waals surface area contributed by atoms with E-state index >= 15 is 0 Å². The van der Waals surface area contributed by atoms with E-state index in [0.29, 0.717) is 44.9 Å². The summed E-state index contributed by atoms with van der Waals surface area (Å²) in [5, 5.41) is 40.3. The van der Waals surface area contributed by atoms with Gasteiger partial charge in [-0.1, -0.05) is 42.5 Å². The van der Waals surface area contributed by atoms with E-state index in [4.69, 9.17) is 4.74 Å².